The third kappa shape index (κ3) is 1.97. The van der Waals surface area contributed by atoms with Crippen molar-refractivity contribution in [3.8, 4) is 11.4 Å². The first-order valence-electron chi connectivity index (χ1n) is 5.91. The van der Waals surface area contributed by atoms with Crippen molar-refractivity contribution in [3.63, 3.8) is 0 Å². The van der Waals surface area contributed by atoms with Crippen molar-refractivity contribution in [3.05, 3.63) is 65.1 Å². The van der Waals surface area contributed by atoms with Crippen LogP contribution in [0, 0.1) is 0 Å². The molecule has 0 aliphatic carbocycles. The summed E-state index contributed by atoms with van der Waals surface area (Å²) in [5, 5.41) is 0. The van der Waals surface area contributed by atoms with Crippen LogP contribution in [-0.4, -0.2) is 16.7 Å². The van der Waals surface area contributed by atoms with Gasteiger partial charge in [0.15, 0.2) is 0 Å². The van der Waals surface area contributed by atoms with Gasteiger partial charge < -0.3 is 4.74 Å². The number of fused-ring (bicyclic) bond motifs is 1. The maximum absolute atomic E-state index is 12.1. The van der Waals surface area contributed by atoms with E-state index in [1.807, 2.05) is 48.5 Å². The van der Waals surface area contributed by atoms with Gasteiger partial charge in [0.2, 0.25) is 0 Å². The lowest BCUT2D eigenvalue weighted by atomic mass is 10.2. The molecule has 0 bridgehead atoms. The molecule has 4 heteroatoms. The molecule has 0 unspecified atom stereocenters. The number of ether oxygens (including phenoxy) is 1. The molecule has 0 spiro atoms. The highest BCUT2D eigenvalue weighted by molar-refractivity contribution is 5.76. The molecule has 2 aromatic carbocycles. The predicted octanol–water partition coefficient (Wildman–Crippen LogP) is 2.39. The largest absolute Gasteiger partial charge is 0.497 e. The fourth-order valence-corrected chi connectivity index (χ4v) is 2.06. The molecule has 1 heterocycles. The second-order valence-corrected chi connectivity index (χ2v) is 4.12. The minimum absolute atomic E-state index is 0.149. The van der Waals surface area contributed by atoms with Crippen molar-refractivity contribution in [2.75, 3.05) is 7.11 Å². The molecule has 0 saturated heterocycles. The number of benzene rings is 2. The molecular weight excluding hydrogens is 240 g/mol. The van der Waals surface area contributed by atoms with Gasteiger partial charge in [-0.05, 0) is 36.4 Å². The molecule has 4 nitrogen and oxygen atoms in total. The Hall–Kier alpha value is -2.62. The summed E-state index contributed by atoms with van der Waals surface area (Å²) in [7, 11) is 1.61. The van der Waals surface area contributed by atoms with Crippen molar-refractivity contribution in [1.82, 2.24) is 9.55 Å². The van der Waals surface area contributed by atoms with Gasteiger partial charge in [-0.3, -0.25) is 9.36 Å². The zero-order valence-electron chi connectivity index (χ0n) is 10.4. The van der Waals surface area contributed by atoms with Crippen molar-refractivity contribution in [2.45, 2.75) is 0 Å². The van der Waals surface area contributed by atoms with E-state index in [2.05, 4.69) is 4.98 Å². The average Bonchev–Trinajstić information content (AvgIpc) is 2.47. The van der Waals surface area contributed by atoms with Crippen LogP contribution in [0.2, 0.25) is 0 Å². The minimum atomic E-state index is -0.149. The Bertz CT molecular complexity index is 776. The summed E-state index contributed by atoms with van der Waals surface area (Å²) < 4.78 is 6.76. The van der Waals surface area contributed by atoms with E-state index in [-0.39, 0.29) is 5.56 Å². The van der Waals surface area contributed by atoms with Gasteiger partial charge in [-0.1, -0.05) is 12.1 Å². The number of nitrogens with zero attached hydrogens (tertiary/aromatic N) is 2. The molecule has 0 N–H and O–H groups in total. The first-order valence-corrected chi connectivity index (χ1v) is 5.91. The molecule has 0 fully saturated rings. The van der Waals surface area contributed by atoms with E-state index >= 15 is 0 Å². The molecule has 3 aromatic rings. The molecular formula is C15H12N2O2. The van der Waals surface area contributed by atoms with Crippen LogP contribution in [0.4, 0.5) is 0 Å². The Morgan fingerprint density at radius 2 is 1.79 bits per heavy atom. The lowest BCUT2D eigenvalue weighted by molar-refractivity contribution is 0.415. The maximum Gasteiger partial charge on any atom is 0.274 e. The summed E-state index contributed by atoms with van der Waals surface area (Å²) in [5.41, 5.74) is 2.23. The fourth-order valence-electron chi connectivity index (χ4n) is 2.06. The SMILES string of the molecule is COc1ccc(-n2c(=O)cnc3ccccc32)cc1. The van der Waals surface area contributed by atoms with Gasteiger partial charge in [0, 0.05) is 5.69 Å². The first-order chi connectivity index (χ1) is 9.29. The van der Waals surface area contributed by atoms with E-state index in [9.17, 15) is 4.79 Å². The maximum atomic E-state index is 12.1. The third-order valence-corrected chi connectivity index (χ3v) is 2.99. The van der Waals surface area contributed by atoms with E-state index in [1.54, 1.807) is 11.7 Å². The van der Waals surface area contributed by atoms with Crippen molar-refractivity contribution >= 4 is 11.0 Å². The second kappa shape index (κ2) is 4.57. The lowest BCUT2D eigenvalue weighted by Crippen LogP contribution is -2.18. The van der Waals surface area contributed by atoms with Gasteiger partial charge in [-0.25, -0.2) is 4.98 Å². The Morgan fingerprint density at radius 1 is 1.05 bits per heavy atom. The highest BCUT2D eigenvalue weighted by Gasteiger charge is 2.05. The molecule has 0 radical (unpaired) electrons. The van der Waals surface area contributed by atoms with Crippen LogP contribution >= 0.6 is 0 Å². The summed E-state index contributed by atoms with van der Waals surface area (Å²) in [6.45, 7) is 0. The number of methoxy groups -OCH3 is 1. The highest BCUT2D eigenvalue weighted by atomic mass is 16.5. The molecule has 0 aliphatic rings. The number of hydrogen-bond donors (Lipinski definition) is 0. The number of rotatable bonds is 2. The Balaban J connectivity index is 2.28. The predicted molar refractivity (Wildman–Crippen MR) is 73.9 cm³/mol. The quantitative estimate of drug-likeness (QED) is 0.703. The smallest absolute Gasteiger partial charge is 0.274 e. The van der Waals surface area contributed by atoms with Gasteiger partial charge in [0.1, 0.15) is 5.75 Å². The minimum Gasteiger partial charge on any atom is -0.497 e. The summed E-state index contributed by atoms with van der Waals surface area (Å²) in [5.74, 6) is 0.759. The molecule has 0 amide bonds. The van der Waals surface area contributed by atoms with Crippen molar-refractivity contribution in [2.24, 2.45) is 0 Å². The van der Waals surface area contributed by atoms with Crippen LogP contribution in [0.1, 0.15) is 0 Å². The molecule has 0 atom stereocenters. The first kappa shape index (κ1) is 11.5. The highest BCUT2D eigenvalue weighted by Crippen LogP contribution is 2.17. The van der Waals surface area contributed by atoms with Crippen LogP contribution < -0.4 is 10.3 Å². The zero-order chi connectivity index (χ0) is 13.2. The van der Waals surface area contributed by atoms with E-state index in [0.717, 1.165) is 22.5 Å². The zero-order valence-corrected chi connectivity index (χ0v) is 10.4. The molecule has 94 valence electrons. The number of aromatic nitrogens is 2. The van der Waals surface area contributed by atoms with Crippen LogP contribution in [-0.2, 0) is 0 Å². The second-order valence-electron chi connectivity index (χ2n) is 4.12. The summed E-state index contributed by atoms with van der Waals surface area (Å²) in [6.07, 6.45) is 1.34. The Kier molecular flexibility index (Phi) is 2.76. The standard InChI is InChI=1S/C15H12N2O2/c1-19-12-8-6-11(7-9-12)17-14-5-3-2-4-13(14)16-10-15(17)18/h2-10H,1H3. The number of hydrogen-bond acceptors (Lipinski definition) is 3. The summed E-state index contributed by atoms with van der Waals surface area (Å²) in [6, 6.07) is 14.9. The fraction of sp³-hybridized carbons (Fsp3) is 0.0667. The molecule has 19 heavy (non-hydrogen) atoms. The van der Waals surface area contributed by atoms with E-state index in [4.69, 9.17) is 4.74 Å². The topological polar surface area (TPSA) is 44.1 Å². The van der Waals surface area contributed by atoms with Crippen LogP contribution in [0.3, 0.4) is 0 Å². The van der Waals surface area contributed by atoms with Gasteiger partial charge in [-0.15, -0.1) is 0 Å². The van der Waals surface area contributed by atoms with E-state index < -0.39 is 0 Å². The van der Waals surface area contributed by atoms with Gasteiger partial charge in [0.05, 0.1) is 24.3 Å². The van der Waals surface area contributed by atoms with Crippen molar-refractivity contribution < 1.29 is 4.74 Å². The average molecular weight is 252 g/mol. The van der Waals surface area contributed by atoms with E-state index in [0.29, 0.717) is 0 Å². The van der Waals surface area contributed by atoms with Gasteiger partial charge in [-0.2, -0.15) is 0 Å². The molecule has 3 rings (SSSR count). The summed E-state index contributed by atoms with van der Waals surface area (Å²) in [4.78, 5) is 16.2. The normalized spacial score (nSPS) is 10.6. The van der Waals surface area contributed by atoms with Crippen LogP contribution in [0.15, 0.2) is 59.5 Å². The van der Waals surface area contributed by atoms with Crippen LogP contribution in [0.5, 0.6) is 5.75 Å². The van der Waals surface area contributed by atoms with Gasteiger partial charge in [0.25, 0.3) is 5.56 Å². The van der Waals surface area contributed by atoms with Crippen LogP contribution in [0.25, 0.3) is 16.7 Å². The molecule has 0 saturated carbocycles. The van der Waals surface area contributed by atoms with Crippen molar-refractivity contribution in [1.29, 1.82) is 0 Å². The lowest BCUT2D eigenvalue weighted by Gasteiger charge is -2.09. The molecule has 0 aliphatic heterocycles. The molecule has 1 aromatic heterocycles. The Morgan fingerprint density at radius 3 is 2.53 bits per heavy atom. The number of para-hydroxylation sites is 2. The monoisotopic (exact) mass is 252 g/mol. The third-order valence-electron chi connectivity index (χ3n) is 2.99. The van der Waals surface area contributed by atoms with E-state index in [1.165, 1.54) is 6.20 Å². The van der Waals surface area contributed by atoms with Gasteiger partial charge >= 0.3 is 0 Å². The summed E-state index contributed by atoms with van der Waals surface area (Å²) >= 11 is 0. The Labute approximate surface area is 109 Å².